The van der Waals surface area contributed by atoms with Crippen LogP contribution in [-0.4, -0.2) is 6.10 Å². The predicted octanol–water partition coefficient (Wildman–Crippen LogP) is 4.06. The molecule has 3 unspecified atom stereocenters. The van der Waals surface area contributed by atoms with Gasteiger partial charge in [-0.15, -0.1) is 0 Å². The van der Waals surface area contributed by atoms with Crippen LogP contribution in [-0.2, 0) is 0 Å². The predicted molar refractivity (Wildman–Crippen MR) is 67.5 cm³/mol. The van der Waals surface area contributed by atoms with E-state index in [1.54, 1.807) is 0 Å². The Labute approximate surface area is 112 Å². The van der Waals surface area contributed by atoms with Crippen LogP contribution in [0.1, 0.15) is 32.6 Å². The molecular weight excluding hydrogens is 248 g/mol. The van der Waals surface area contributed by atoms with Crippen molar-refractivity contribution < 1.29 is 13.5 Å². The van der Waals surface area contributed by atoms with Crippen molar-refractivity contribution in [3.63, 3.8) is 0 Å². The van der Waals surface area contributed by atoms with E-state index in [0.717, 1.165) is 31.7 Å². The van der Waals surface area contributed by atoms with Gasteiger partial charge in [-0.1, -0.05) is 13.3 Å². The highest BCUT2D eigenvalue weighted by Gasteiger charge is 2.31. The summed E-state index contributed by atoms with van der Waals surface area (Å²) in [4.78, 5) is 0. The lowest BCUT2D eigenvalue weighted by Gasteiger charge is -2.32. The van der Waals surface area contributed by atoms with E-state index in [2.05, 4.69) is 13.0 Å². The van der Waals surface area contributed by atoms with Gasteiger partial charge < -0.3 is 4.74 Å². The lowest BCUT2D eigenvalue weighted by Crippen LogP contribution is -2.33. The molecule has 0 aromatic heterocycles. The van der Waals surface area contributed by atoms with Crippen LogP contribution < -0.4 is 4.74 Å². The Balaban J connectivity index is 2.12. The molecule has 1 aliphatic carbocycles. The number of halogens is 2. The number of rotatable bonds is 3. The van der Waals surface area contributed by atoms with Crippen molar-refractivity contribution in [2.75, 3.05) is 0 Å². The number of hydrogen-bond acceptors (Lipinski definition) is 2. The second-order valence-corrected chi connectivity index (χ2v) is 5.05. The smallest absolute Gasteiger partial charge is 0.167 e. The third kappa shape index (κ3) is 3.23. The Kier molecular flexibility index (Phi) is 4.36. The monoisotopic (exact) mass is 265 g/mol. The van der Waals surface area contributed by atoms with Gasteiger partial charge in [0.05, 0.1) is 12.0 Å². The average molecular weight is 265 g/mol. The fourth-order valence-electron chi connectivity index (χ4n) is 2.59. The summed E-state index contributed by atoms with van der Waals surface area (Å²) < 4.78 is 32.0. The summed E-state index contributed by atoms with van der Waals surface area (Å²) in [7, 11) is 0. The van der Waals surface area contributed by atoms with Gasteiger partial charge in [0.1, 0.15) is 11.9 Å². The molecule has 1 aliphatic rings. The van der Waals surface area contributed by atoms with Crippen LogP contribution in [0.5, 0.6) is 5.75 Å². The van der Waals surface area contributed by atoms with E-state index >= 15 is 0 Å². The Hall–Kier alpha value is -1.63. The van der Waals surface area contributed by atoms with Gasteiger partial charge in [-0.3, -0.25) is 0 Å². The van der Waals surface area contributed by atoms with Crippen molar-refractivity contribution in [1.82, 2.24) is 0 Å². The average Bonchev–Trinajstić information content (AvgIpc) is 2.41. The molecule has 0 N–H and O–H groups in total. The molecule has 0 saturated heterocycles. The standard InChI is InChI=1S/C15H17F2NO/c1-2-10-3-4-11(9-18)15(7-10)19-14-6-5-12(16)8-13(14)17/h5-6,8,10-11,15H,2-4,7H2,1H3. The molecule has 0 aliphatic heterocycles. The lowest BCUT2D eigenvalue weighted by atomic mass is 9.79. The molecule has 1 saturated carbocycles. The number of benzene rings is 1. The zero-order valence-corrected chi connectivity index (χ0v) is 10.9. The van der Waals surface area contributed by atoms with E-state index in [4.69, 9.17) is 10.00 Å². The van der Waals surface area contributed by atoms with Crippen molar-refractivity contribution in [3.8, 4) is 11.8 Å². The molecule has 1 fully saturated rings. The van der Waals surface area contributed by atoms with Gasteiger partial charge in [-0.05, 0) is 37.3 Å². The van der Waals surface area contributed by atoms with Crippen molar-refractivity contribution in [3.05, 3.63) is 29.8 Å². The molecule has 0 amide bonds. The summed E-state index contributed by atoms with van der Waals surface area (Å²) in [5, 5.41) is 9.13. The summed E-state index contributed by atoms with van der Waals surface area (Å²) in [5.74, 6) is -1.01. The zero-order chi connectivity index (χ0) is 13.8. The number of nitriles is 1. The third-order valence-electron chi connectivity index (χ3n) is 3.82. The summed E-state index contributed by atoms with van der Waals surface area (Å²) in [6.45, 7) is 2.10. The van der Waals surface area contributed by atoms with Gasteiger partial charge >= 0.3 is 0 Å². The maximum Gasteiger partial charge on any atom is 0.167 e. The molecule has 0 heterocycles. The minimum atomic E-state index is -0.713. The van der Waals surface area contributed by atoms with Gasteiger partial charge in [0, 0.05) is 6.07 Å². The first kappa shape index (κ1) is 13.8. The minimum absolute atomic E-state index is 0.0309. The van der Waals surface area contributed by atoms with E-state index in [-0.39, 0.29) is 17.8 Å². The number of nitrogens with zero attached hydrogens (tertiary/aromatic N) is 1. The van der Waals surface area contributed by atoms with Crippen LogP contribution in [0.25, 0.3) is 0 Å². The minimum Gasteiger partial charge on any atom is -0.486 e. The number of hydrogen-bond donors (Lipinski definition) is 0. The normalized spacial score (nSPS) is 26.7. The van der Waals surface area contributed by atoms with E-state index in [1.165, 1.54) is 12.1 Å². The van der Waals surface area contributed by atoms with Gasteiger partial charge in [0.15, 0.2) is 11.6 Å². The molecule has 102 valence electrons. The van der Waals surface area contributed by atoms with Crippen LogP contribution in [0.3, 0.4) is 0 Å². The Morgan fingerprint density at radius 2 is 2.16 bits per heavy atom. The molecule has 0 bridgehead atoms. The molecule has 0 spiro atoms. The van der Waals surface area contributed by atoms with Crippen LogP contribution in [0.4, 0.5) is 8.78 Å². The van der Waals surface area contributed by atoms with Gasteiger partial charge in [-0.2, -0.15) is 5.26 Å². The fraction of sp³-hybridized carbons (Fsp3) is 0.533. The first-order valence-corrected chi connectivity index (χ1v) is 6.65. The van der Waals surface area contributed by atoms with Crippen molar-refractivity contribution >= 4 is 0 Å². The third-order valence-corrected chi connectivity index (χ3v) is 3.82. The fourth-order valence-corrected chi connectivity index (χ4v) is 2.59. The van der Waals surface area contributed by atoms with Crippen LogP contribution in [0.2, 0.25) is 0 Å². The Morgan fingerprint density at radius 3 is 2.79 bits per heavy atom. The quantitative estimate of drug-likeness (QED) is 0.825. The Morgan fingerprint density at radius 1 is 1.37 bits per heavy atom. The van der Waals surface area contributed by atoms with Crippen LogP contribution in [0.15, 0.2) is 18.2 Å². The first-order chi connectivity index (χ1) is 9.13. The highest BCUT2D eigenvalue weighted by atomic mass is 19.1. The summed E-state index contributed by atoms with van der Waals surface area (Å²) in [5.41, 5.74) is 0. The maximum atomic E-state index is 13.6. The topological polar surface area (TPSA) is 33.0 Å². The van der Waals surface area contributed by atoms with Gasteiger partial charge in [0.25, 0.3) is 0 Å². The molecule has 19 heavy (non-hydrogen) atoms. The molecule has 4 heteroatoms. The van der Waals surface area contributed by atoms with E-state index in [1.807, 2.05) is 0 Å². The van der Waals surface area contributed by atoms with E-state index in [9.17, 15) is 8.78 Å². The summed E-state index contributed by atoms with van der Waals surface area (Å²) in [6.07, 6.45) is 3.28. The summed E-state index contributed by atoms with van der Waals surface area (Å²) in [6, 6.07) is 5.48. The molecule has 3 atom stereocenters. The van der Waals surface area contributed by atoms with E-state index in [0.29, 0.717) is 5.92 Å². The maximum absolute atomic E-state index is 13.6. The van der Waals surface area contributed by atoms with Crippen LogP contribution >= 0.6 is 0 Å². The van der Waals surface area contributed by atoms with Crippen molar-refractivity contribution in [2.24, 2.45) is 11.8 Å². The SMILES string of the molecule is CCC1CCC(C#N)C(Oc2ccc(F)cc2F)C1. The van der Waals surface area contributed by atoms with E-state index < -0.39 is 11.6 Å². The molecule has 2 nitrogen and oxygen atoms in total. The second kappa shape index (κ2) is 6.01. The lowest BCUT2D eigenvalue weighted by molar-refractivity contribution is 0.0852. The molecule has 0 radical (unpaired) electrons. The van der Waals surface area contributed by atoms with Gasteiger partial charge in [0.2, 0.25) is 0 Å². The largest absolute Gasteiger partial charge is 0.486 e. The molecule has 2 rings (SSSR count). The van der Waals surface area contributed by atoms with Crippen molar-refractivity contribution in [1.29, 1.82) is 5.26 Å². The second-order valence-electron chi connectivity index (χ2n) is 5.05. The highest BCUT2D eigenvalue weighted by molar-refractivity contribution is 5.25. The summed E-state index contributed by atoms with van der Waals surface area (Å²) >= 11 is 0. The molecule has 1 aromatic carbocycles. The van der Waals surface area contributed by atoms with Gasteiger partial charge in [-0.25, -0.2) is 8.78 Å². The molecule has 1 aromatic rings. The van der Waals surface area contributed by atoms with Crippen molar-refractivity contribution in [2.45, 2.75) is 38.7 Å². The van der Waals surface area contributed by atoms with Crippen LogP contribution in [0, 0.1) is 34.8 Å². The Bertz CT molecular complexity index is 484. The number of ether oxygens (including phenoxy) is 1. The molecular formula is C15H17F2NO. The zero-order valence-electron chi connectivity index (χ0n) is 10.9. The first-order valence-electron chi connectivity index (χ1n) is 6.65. The highest BCUT2D eigenvalue weighted by Crippen LogP contribution is 2.34.